The van der Waals surface area contributed by atoms with Crippen LogP contribution in [0.5, 0.6) is 0 Å². The number of ether oxygens (including phenoxy) is 2. The fourth-order valence-electron chi connectivity index (χ4n) is 1.23. The normalized spacial score (nSPS) is 16.6. The lowest BCUT2D eigenvalue weighted by molar-refractivity contribution is 0.0226. The average molecular weight is 199 g/mol. The summed E-state index contributed by atoms with van der Waals surface area (Å²) in [6, 6.07) is 0. The Balaban J connectivity index is 2.58. The van der Waals surface area contributed by atoms with Crippen LogP contribution in [-0.4, -0.2) is 30.2 Å². The molecule has 14 heavy (non-hydrogen) atoms. The van der Waals surface area contributed by atoms with Crippen LogP contribution in [0.2, 0.25) is 0 Å². The van der Waals surface area contributed by atoms with E-state index < -0.39 is 5.60 Å². The van der Waals surface area contributed by atoms with Gasteiger partial charge in [0.2, 0.25) is 0 Å². The summed E-state index contributed by atoms with van der Waals surface area (Å²) in [5, 5.41) is 0. The van der Waals surface area contributed by atoms with E-state index in [0.29, 0.717) is 12.4 Å². The Kier molecular flexibility index (Phi) is 3.03. The Morgan fingerprint density at radius 2 is 2.14 bits per heavy atom. The van der Waals surface area contributed by atoms with E-state index in [1.165, 1.54) is 4.90 Å². The first-order chi connectivity index (χ1) is 6.44. The third kappa shape index (κ3) is 2.65. The van der Waals surface area contributed by atoms with Crippen LogP contribution < -0.4 is 0 Å². The summed E-state index contributed by atoms with van der Waals surface area (Å²) in [6.45, 7) is 6.17. The summed E-state index contributed by atoms with van der Waals surface area (Å²) in [4.78, 5) is 13.1. The lowest BCUT2D eigenvalue weighted by Gasteiger charge is -2.25. The van der Waals surface area contributed by atoms with E-state index >= 15 is 0 Å². The van der Waals surface area contributed by atoms with E-state index in [9.17, 15) is 4.79 Å². The van der Waals surface area contributed by atoms with Crippen LogP contribution in [0.3, 0.4) is 0 Å². The number of hydrogen-bond acceptors (Lipinski definition) is 3. The summed E-state index contributed by atoms with van der Waals surface area (Å²) in [6.07, 6.45) is 2.36. The number of hydrogen-bond donors (Lipinski definition) is 0. The molecule has 0 saturated carbocycles. The Morgan fingerprint density at radius 1 is 1.50 bits per heavy atom. The molecule has 1 aliphatic heterocycles. The minimum absolute atomic E-state index is 0.344. The highest BCUT2D eigenvalue weighted by Crippen LogP contribution is 2.19. The topological polar surface area (TPSA) is 38.8 Å². The molecule has 0 saturated heterocycles. The Labute approximate surface area is 84.5 Å². The fourth-order valence-corrected chi connectivity index (χ4v) is 1.23. The zero-order valence-corrected chi connectivity index (χ0v) is 9.16. The first-order valence-corrected chi connectivity index (χ1v) is 4.69. The van der Waals surface area contributed by atoms with Gasteiger partial charge in [-0.05, 0) is 33.3 Å². The minimum Gasteiger partial charge on any atom is -0.482 e. The standard InChI is InChI=1S/C10H17NO3/c1-10(2,3)14-9(12)11-7-5-6-8(11)13-4/h6H,5,7H2,1-4H3. The maximum absolute atomic E-state index is 11.6. The Hall–Kier alpha value is -1.19. The molecule has 1 rings (SSSR count). The van der Waals surface area contributed by atoms with Gasteiger partial charge in [-0.1, -0.05) is 0 Å². The number of methoxy groups -OCH3 is 1. The zero-order chi connectivity index (χ0) is 10.8. The zero-order valence-electron chi connectivity index (χ0n) is 9.16. The Morgan fingerprint density at radius 3 is 2.64 bits per heavy atom. The van der Waals surface area contributed by atoms with Gasteiger partial charge in [0, 0.05) is 6.54 Å². The van der Waals surface area contributed by atoms with Crippen molar-refractivity contribution >= 4 is 6.09 Å². The number of amides is 1. The average Bonchev–Trinajstić information content (AvgIpc) is 2.47. The van der Waals surface area contributed by atoms with Gasteiger partial charge in [-0.2, -0.15) is 0 Å². The van der Waals surface area contributed by atoms with E-state index in [-0.39, 0.29) is 6.09 Å². The first kappa shape index (κ1) is 10.9. The van der Waals surface area contributed by atoms with Crippen LogP contribution in [0.15, 0.2) is 12.0 Å². The fraction of sp³-hybridized carbons (Fsp3) is 0.700. The van der Waals surface area contributed by atoms with Gasteiger partial charge in [0.05, 0.1) is 7.11 Å². The Bertz CT molecular complexity index is 253. The number of nitrogens with zero attached hydrogens (tertiary/aromatic N) is 1. The second-order valence-electron chi connectivity index (χ2n) is 4.17. The third-order valence-corrected chi connectivity index (χ3v) is 1.76. The van der Waals surface area contributed by atoms with Gasteiger partial charge < -0.3 is 9.47 Å². The van der Waals surface area contributed by atoms with Gasteiger partial charge in [-0.25, -0.2) is 9.69 Å². The van der Waals surface area contributed by atoms with Gasteiger partial charge >= 0.3 is 6.09 Å². The molecule has 0 spiro atoms. The van der Waals surface area contributed by atoms with Crippen LogP contribution in [0.4, 0.5) is 4.79 Å². The largest absolute Gasteiger partial charge is 0.482 e. The third-order valence-electron chi connectivity index (χ3n) is 1.76. The van der Waals surface area contributed by atoms with E-state index in [1.54, 1.807) is 7.11 Å². The van der Waals surface area contributed by atoms with Crippen molar-refractivity contribution in [1.82, 2.24) is 4.90 Å². The molecule has 0 N–H and O–H groups in total. The molecule has 0 aromatic rings. The SMILES string of the molecule is COC1=CCCN1C(=O)OC(C)(C)C. The maximum atomic E-state index is 11.6. The molecule has 0 aromatic heterocycles. The molecule has 4 nitrogen and oxygen atoms in total. The maximum Gasteiger partial charge on any atom is 0.417 e. The van der Waals surface area contributed by atoms with E-state index in [1.807, 2.05) is 26.8 Å². The second-order valence-corrected chi connectivity index (χ2v) is 4.17. The van der Waals surface area contributed by atoms with Gasteiger partial charge in [0.15, 0.2) is 5.88 Å². The summed E-state index contributed by atoms with van der Waals surface area (Å²) >= 11 is 0. The molecule has 0 unspecified atom stereocenters. The van der Waals surface area contributed by atoms with Gasteiger partial charge in [-0.3, -0.25) is 0 Å². The van der Waals surface area contributed by atoms with Crippen LogP contribution in [0.25, 0.3) is 0 Å². The molecule has 0 atom stereocenters. The van der Waals surface area contributed by atoms with Crippen molar-refractivity contribution in [1.29, 1.82) is 0 Å². The van der Waals surface area contributed by atoms with Crippen molar-refractivity contribution in [2.24, 2.45) is 0 Å². The van der Waals surface area contributed by atoms with Crippen molar-refractivity contribution in [2.75, 3.05) is 13.7 Å². The quantitative estimate of drug-likeness (QED) is 0.649. The van der Waals surface area contributed by atoms with Crippen molar-refractivity contribution < 1.29 is 14.3 Å². The molecule has 0 aromatic carbocycles. The monoisotopic (exact) mass is 199 g/mol. The van der Waals surface area contributed by atoms with E-state index in [2.05, 4.69) is 0 Å². The van der Waals surface area contributed by atoms with Crippen LogP contribution in [0.1, 0.15) is 27.2 Å². The number of carbonyl (C=O) groups is 1. The molecule has 0 fully saturated rings. The summed E-state index contributed by atoms with van der Waals surface area (Å²) in [5.74, 6) is 0.583. The van der Waals surface area contributed by atoms with Crippen molar-refractivity contribution in [3.05, 3.63) is 12.0 Å². The molecule has 1 heterocycles. The highest BCUT2D eigenvalue weighted by atomic mass is 16.6. The van der Waals surface area contributed by atoms with Crippen LogP contribution in [0, 0.1) is 0 Å². The molecule has 0 radical (unpaired) electrons. The van der Waals surface area contributed by atoms with Crippen molar-refractivity contribution in [2.45, 2.75) is 32.8 Å². The van der Waals surface area contributed by atoms with Gasteiger partial charge in [0.1, 0.15) is 5.60 Å². The lowest BCUT2D eigenvalue weighted by Crippen LogP contribution is -2.35. The predicted octanol–water partition coefficient (Wildman–Crippen LogP) is 2.12. The summed E-state index contributed by atoms with van der Waals surface area (Å²) < 4.78 is 10.3. The van der Waals surface area contributed by atoms with Gasteiger partial charge in [0.25, 0.3) is 0 Å². The first-order valence-electron chi connectivity index (χ1n) is 4.69. The molecule has 0 aliphatic carbocycles. The van der Waals surface area contributed by atoms with E-state index in [4.69, 9.17) is 9.47 Å². The smallest absolute Gasteiger partial charge is 0.417 e. The molecular formula is C10H17NO3. The highest BCUT2D eigenvalue weighted by molar-refractivity contribution is 5.70. The van der Waals surface area contributed by atoms with Crippen LogP contribution in [-0.2, 0) is 9.47 Å². The summed E-state index contributed by atoms with van der Waals surface area (Å²) in [5.41, 5.74) is -0.460. The highest BCUT2D eigenvalue weighted by Gasteiger charge is 2.27. The predicted molar refractivity (Wildman–Crippen MR) is 52.6 cm³/mol. The van der Waals surface area contributed by atoms with Crippen molar-refractivity contribution in [3.63, 3.8) is 0 Å². The number of rotatable bonds is 1. The molecule has 80 valence electrons. The summed E-state index contributed by atoms with van der Waals surface area (Å²) in [7, 11) is 1.55. The molecule has 1 aliphatic rings. The second kappa shape index (κ2) is 3.90. The van der Waals surface area contributed by atoms with Gasteiger partial charge in [-0.15, -0.1) is 0 Å². The van der Waals surface area contributed by atoms with Crippen molar-refractivity contribution in [3.8, 4) is 0 Å². The van der Waals surface area contributed by atoms with E-state index in [0.717, 1.165) is 6.42 Å². The number of carbonyl (C=O) groups excluding carboxylic acids is 1. The minimum atomic E-state index is -0.460. The molecular weight excluding hydrogens is 182 g/mol. The lowest BCUT2D eigenvalue weighted by atomic mass is 10.2. The molecule has 0 bridgehead atoms. The molecule has 4 heteroatoms. The molecule has 1 amide bonds. The van der Waals surface area contributed by atoms with Crippen LogP contribution >= 0.6 is 0 Å².